The van der Waals surface area contributed by atoms with E-state index in [1.807, 2.05) is 13.8 Å². The summed E-state index contributed by atoms with van der Waals surface area (Å²) in [6, 6.07) is 17.8. The molecule has 3 aromatic carbocycles. The van der Waals surface area contributed by atoms with Crippen LogP contribution in [0.15, 0.2) is 75.9 Å². The Kier molecular flexibility index (Phi) is 6.09. The summed E-state index contributed by atoms with van der Waals surface area (Å²) < 4.78 is 11.1. The summed E-state index contributed by atoms with van der Waals surface area (Å²) >= 11 is 0. The van der Waals surface area contributed by atoms with E-state index in [1.54, 1.807) is 42.5 Å². The summed E-state index contributed by atoms with van der Waals surface area (Å²) in [7, 11) is 1.53. The van der Waals surface area contributed by atoms with Crippen molar-refractivity contribution in [2.45, 2.75) is 13.8 Å². The summed E-state index contributed by atoms with van der Waals surface area (Å²) in [5, 5.41) is 3.22. The van der Waals surface area contributed by atoms with Crippen molar-refractivity contribution in [3.63, 3.8) is 0 Å². The lowest BCUT2D eigenvalue weighted by Crippen LogP contribution is -2.33. The van der Waals surface area contributed by atoms with Gasteiger partial charge in [-0.05, 0) is 66.6 Å². The van der Waals surface area contributed by atoms with Gasteiger partial charge >= 0.3 is 0 Å². The summed E-state index contributed by atoms with van der Waals surface area (Å²) in [5.41, 5.74) is 2.25. The van der Waals surface area contributed by atoms with Gasteiger partial charge in [0.05, 0.1) is 23.6 Å². The second kappa shape index (κ2) is 9.39. The molecule has 1 aliphatic heterocycles. The van der Waals surface area contributed by atoms with E-state index in [2.05, 4.69) is 5.32 Å². The van der Waals surface area contributed by atoms with Crippen molar-refractivity contribution in [2.75, 3.05) is 19.0 Å². The summed E-state index contributed by atoms with van der Waals surface area (Å²) in [6.07, 6.45) is 0. The molecule has 0 radical (unpaired) electrons. The predicted octanol–water partition coefficient (Wildman–Crippen LogP) is 4.97. The molecule has 2 heterocycles. The zero-order valence-electron chi connectivity index (χ0n) is 20.5. The van der Waals surface area contributed by atoms with Crippen molar-refractivity contribution in [1.29, 1.82) is 0 Å². The molecule has 4 aromatic rings. The lowest BCUT2D eigenvalue weighted by atomic mass is 10.1. The van der Waals surface area contributed by atoms with E-state index < -0.39 is 5.91 Å². The van der Waals surface area contributed by atoms with Gasteiger partial charge in [-0.3, -0.25) is 24.1 Å². The van der Waals surface area contributed by atoms with Crippen LogP contribution in [0.25, 0.3) is 22.3 Å². The average molecular weight is 497 g/mol. The Morgan fingerprint density at radius 1 is 0.919 bits per heavy atom. The number of carbonyl (C=O) groups is 3. The number of imide groups is 1. The van der Waals surface area contributed by atoms with Gasteiger partial charge in [-0.2, -0.15) is 0 Å². The Morgan fingerprint density at radius 2 is 1.65 bits per heavy atom. The molecule has 37 heavy (non-hydrogen) atoms. The van der Waals surface area contributed by atoms with E-state index in [4.69, 9.17) is 9.15 Å². The predicted molar refractivity (Wildman–Crippen MR) is 139 cm³/mol. The van der Waals surface area contributed by atoms with Crippen LogP contribution in [0.4, 0.5) is 5.69 Å². The minimum Gasteiger partial charge on any atom is -0.497 e. The number of nitrogens with one attached hydrogen (secondary N) is 1. The van der Waals surface area contributed by atoms with E-state index in [0.29, 0.717) is 45.8 Å². The number of rotatable bonds is 6. The maximum Gasteiger partial charge on any atom is 0.261 e. The lowest BCUT2D eigenvalue weighted by Gasteiger charge is -2.15. The van der Waals surface area contributed by atoms with Crippen molar-refractivity contribution in [3.05, 3.63) is 93.6 Å². The molecule has 8 heteroatoms. The fourth-order valence-corrected chi connectivity index (χ4v) is 4.29. The number of amides is 3. The molecule has 0 saturated heterocycles. The van der Waals surface area contributed by atoms with Gasteiger partial charge in [-0.1, -0.05) is 13.8 Å². The monoisotopic (exact) mass is 496 g/mol. The zero-order chi connectivity index (χ0) is 26.3. The van der Waals surface area contributed by atoms with E-state index in [0.717, 1.165) is 0 Å². The van der Waals surface area contributed by atoms with Crippen molar-refractivity contribution in [3.8, 4) is 17.1 Å². The molecule has 0 fully saturated rings. The highest BCUT2D eigenvalue weighted by Gasteiger charge is 2.36. The fourth-order valence-electron chi connectivity index (χ4n) is 4.29. The molecule has 0 spiro atoms. The Labute approximate surface area is 212 Å². The zero-order valence-corrected chi connectivity index (χ0v) is 20.5. The Balaban J connectivity index is 1.34. The van der Waals surface area contributed by atoms with Crippen LogP contribution in [0.5, 0.6) is 5.75 Å². The first kappa shape index (κ1) is 24.0. The SMILES string of the molecule is COc1ccc2oc(-c3ccc(NC(=O)c4ccc5c(c4)C(=O)N(CC(C)C)C5=O)cc3)cc(=O)c2c1. The minimum atomic E-state index is -0.413. The van der Waals surface area contributed by atoms with E-state index >= 15 is 0 Å². The number of hydrogen-bond donors (Lipinski definition) is 1. The standard InChI is InChI=1S/C29H24N2O6/c1-16(2)15-31-28(34)21-10-6-18(12-22(21)29(31)35)27(33)30-19-7-4-17(5-8-19)26-14-24(32)23-13-20(36-3)9-11-25(23)37-26/h4-14,16H,15H2,1-3H3,(H,30,33). The van der Waals surface area contributed by atoms with Gasteiger partial charge in [-0.25, -0.2) is 0 Å². The first-order valence-corrected chi connectivity index (χ1v) is 11.8. The Hall–Kier alpha value is -4.72. The summed E-state index contributed by atoms with van der Waals surface area (Å²) in [5.74, 6) is -0.0321. The quantitative estimate of drug-likeness (QED) is 0.378. The first-order chi connectivity index (χ1) is 17.7. The van der Waals surface area contributed by atoms with Gasteiger partial charge in [0.1, 0.15) is 17.1 Å². The Morgan fingerprint density at radius 3 is 2.35 bits per heavy atom. The number of fused-ring (bicyclic) bond motifs is 2. The maximum absolute atomic E-state index is 12.9. The number of anilines is 1. The summed E-state index contributed by atoms with van der Waals surface area (Å²) in [4.78, 5) is 52.0. The molecule has 0 saturated carbocycles. The van der Waals surface area contributed by atoms with Crippen molar-refractivity contribution in [2.24, 2.45) is 5.92 Å². The van der Waals surface area contributed by atoms with Crippen molar-refractivity contribution >= 4 is 34.4 Å². The van der Waals surface area contributed by atoms with Crippen LogP contribution in [0.3, 0.4) is 0 Å². The molecule has 0 atom stereocenters. The van der Waals surface area contributed by atoms with Gasteiger partial charge in [0.25, 0.3) is 17.7 Å². The van der Waals surface area contributed by atoms with Gasteiger partial charge in [0.15, 0.2) is 5.43 Å². The van der Waals surface area contributed by atoms with Crippen molar-refractivity contribution < 1.29 is 23.5 Å². The maximum atomic E-state index is 12.9. The molecule has 0 bridgehead atoms. The Bertz CT molecular complexity index is 1620. The number of nitrogens with zero attached hydrogens (tertiary/aromatic N) is 1. The molecule has 186 valence electrons. The van der Waals surface area contributed by atoms with Gasteiger partial charge in [0.2, 0.25) is 0 Å². The molecule has 1 aromatic heterocycles. The second-order valence-electron chi connectivity index (χ2n) is 9.24. The van der Waals surface area contributed by atoms with Gasteiger partial charge in [0, 0.05) is 29.4 Å². The minimum absolute atomic E-state index is 0.138. The van der Waals surface area contributed by atoms with E-state index in [-0.39, 0.29) is 34.3 Å². The normalized spacial score (nSPS) is 12.8. The van der Waals surface area contributed by atoms with Crippen LogP contribution >= 0.6 is 0 Å². The van der Waals surface area contributed by atoms with Gasteiger partial charge < -0.3 is 14.5 Å². The highest BCUT2D eigenvalue weighted by molar-refractivity contribution is 6.22. The lowest BCUT2D eigenvalue weighted by molar-refractivity contribution is 0.0636. The molecule has 1 aliphatic rings. The van der Waals surface area contributed by atoms with E-state index in [9.17, 15) is 19.2 Å². The molecular weight excluding hydrogens is 472 g/mol. The number of hydrogen-bond acceptors (Lipinski definition) is 6. The van der Waals surface area contributed by atoms with Crippen LogP contribution in [0.1, 0.15) is 44.9 Å². The van der Waals surface area contributed by atoms with E-state index in [1.165, 1.54) is 36.3 Å². The third kappa shape index (κ3) is 4.49. The molecule has 1 N–H and O–H groups in total. The summed E-state index contributed by atoms with van der Waals surface area (Å²) in [6.45, 7) is 4.18. The number of benzene rings is 3. The first-order valence-electron chi connectivity index (χ1n) is 11.8. The molecule has 3 amide bonds. The molecular formula is C29H24N2O6. The molecule has 0 aliphatic carbocycles. The van der Waals surface area contributed by atoms with Crippen LogP contribution in [-0.2, 0) is 0 Å². The van der Waals surface area contributed by atoms with Gasteiger partial charge in [-0.15, -0.1) is 0 Å². The fraction of sp³-hybridized carbons (Fsp3) is 0.172. The van der Waals surface area contributed by atoms with Crippen LogP contribution < -0.4 is 15.5 Å². The number of carbonyl (C=O) groups excluding carboxylic acids is 3. The topological polar surface area (TPSA) is 106 Å². The number of ether oxygens (including phenoxy) is 1. The smallest absolute Gasteiger partial charge is 0.261 e. The molecule has 5 rings (SSSR count). The third-order valence-corrected chi connectivity index (χ3v) is 6.14. The van der Waals surface area contributed by atoms with Crippen LogP contribution in [0, 0.1) is 5.92 Å². The van der Waals surface area contributed by atoms with Crippen molar-refractivity contribution in [1.82, 2.24) is 4.90 Å². The largest absolute Gasteiger partial charge is 0.497 e. The number of methoxy groups -OCH3 is 1. The molecule has 0 unspecified atom stereocenters. The highest BCUT2D eigenvalue weighted by atomic mass is 16.5. The van der Waals surface area contributed by atoms with Crippen LogP contribution in [0.2, 0.25) is 0 Å². The molecule has 8 nitrogen and oxygen atoms in total. The third-order valence-electron chi connectivity index (χ3n) is 6.14. The highest BCUT2D eigenvalue weighted by Crippen LogP contribution is 2.27. The van der Waals surface area contributed by atoms with Crippen LogP contribution in [-0.4, -0.2) is 36.3 Å². The second-order valence-corrected chi connectivity index (χ2v) is 9.24. The average Bonchev–Trinajstić information content (AvgIpc) is 3.12.